The summed E-state index contributed by atoms with van der Waals surface area (Å²) in [5, 5.41) is 9.31. The van der Waals surface area contributed by atoms with Gasteiger partial charge in [0.2, 0.25) is 0 Å². The van der Waals surface area contributed by atoms with Gasteiger partial charge in [-0.3, -0.25) is 9.36 Å². The first-order valence-corrected chi connectivity index (χ1v) is 14.3. The molecule has 0 aliphatic carbocycles. The minimum absolute atomic E-state index is 0.124. The van der Waals surface area contributed by atoms with Gasteiger partial charge < -0.3 is 19.3 Å². The van der Waals surface area contributed by atoms with Gasteiger partial charge in [0.05, 0.1) is 29.2 Å². The van der Waals surface area contributed by atoms with Gasteiger partial charge in [0.15, 0.2) is 10.8 Å². The van der Waals surface area contributed by atoms with Crippen molar-refractivity contribution in [3.63, 3.8) is 0 Å². The number of rotatable bonds is 5. The van der Waals surface area contributed by atoms with Crippen LogP contribution in [0.2, 0.25) is 0 Å². The summed E-state index contributed by atoms with van der Waals surface area (Å²) >= 11 is 1.26. The maximum atomic E-state index is 13.4. The van der Waals surface area contributed by atoms with Gasteiger partial charge in [-0.2, -0.15) is 8.78 Å². The van der Waals surface area contributed by atoms with E-state index in [-0.39, 0.29) is 29.5 Å². The SMILES string of the molecule is CCC1c2nc3ccc(C#Cc4nnc(CN(C)C(=O)OC(C)(C)C)s4)cc3n2-c2c(OC(F)F)cccc2C(=O)N1C. The van der Waals surface area contributed by atoms with E-state index in [4.69, 9.17) is 14.5 Å². The van der Waals surface area contributed by atoms with Gasteiger partial charge in [-0.15, -0.1) is 10.2 Å². The number of halogens is 2. The first-order chi connectivity index (χ1) is 20.4. The van der Waals surface area contributed by atoms with Crippen LogP contribution in [-0.2, 0) is 11.3 Å². The lowest BCUT2D eigenvalue weighted by Crippen LogP contribution is -2.33. The number of amides is 2. The van der Waals surface area contributed by atoms with Gasteiger partial charge in [-0.1, -0.05) is 30.2 Å². The zero-order valence-electron chi connectivity index (χ0n) is 24.5. The van der Waals surface area contributed by atoms with Gasteiger partial charge in [0.1, 0.15) is 22.1 Å². The van der Waals surface area contributed by atoms with Crippen LogP contribution < -0.4 is 4.74 Å². The molecule has 2 amide bonds. The Morgan fingerprint density at radius 1 is 1.19 bits per heavy atom. The van der Waals surface area contributed by atoms with E-state index in [2.05, 4.69) is 22.0 Å². The number of ether oxygens (including phenoxy) is 2. The van der Waals surface area contributed by atoms with Crippen LogP contribution in [-0.4, -0.2) is 67.9 Å². The molecule has 224 valence electrons. The van der Waals surface area contributed by atoms with Crippen molar-refractivity contribution in [2.75, 3.05) is 14.1 Å². The molecule has 0 fully saturated rings. The number of para-hydroxylation sites is 1. The van der Waals surface area contributed by atoms with Crippen LogP contribution in [0.1, 0.15) is 71.9 Å². The first-order valence-electron chi connectivity index (χ1n) is 13.5. The van der Waals surface area contributed by atoms with E-state index in [0.29, 0.717) is 38.9 Å². The number of hydrogen-bond donors (Lipinski definition) is 0. The molecule has 1 aliphatic heterocycles. The zero-order chi connectivity index (χ0) is 31.1. The minimum atomic E-state index is -3.08. The van der Waals surface area contributed by atoms with Crippen LogP contribution in [0.4, 0.5) is 13.6 Å². The molecular weight excluding hydrogens is 578 g/mol. The summed E-state index contributed by atoms with van der Waals surface area (Å²) in [6, 6.07) is 9.52. The second-order valence-corrected chi connectivity index (χ2v) is 12.0. The standard InChI is InChI=1S/C30H30F2N6O4S/c1-7-20-26-33-19-13-11-17(12-14-23-34-35-24(43-23)16-36(5)29(40)42-30(2,3)4)15-21(19)38(26)25-18(27(39)37(20)6)9-8-10-22(25)41-28(31)32/h8-11,13,15,20,28H,7,16H2,1-6H3. The summed E-state index contributed by atoms with van der Waals surface area (Å²) < 4.78 is 38.8. The van der Waals surface area contributed by atoms with E-state index in [1.165, 1.54) is 28.4 Å². The fourth-order valence-electron chi connectivity index (χ4n) is 4.81. The van der Waals surface area contributed by atoms with Crippen LogP contribution in [0, 0.1) is 11.8 Å². The van der Waals surface area contributed by atoms with E-state index < -0.39 is 24.3 Å². The zero-order valence-corrected chi connectivity index (χ0v) is 25.3. The van der Waals surface area contributed by atoms with Gasteiger partial charge in [0.25, 0.3) is 5.91 Å². The number of imidazole rings is 1. The quantitative estimate of drug-likeness (QED) is 0.265. The third-order valence-electron chi connectivity index (χ3n) is 6.68. The van der Waals surface area contributed by atoms with Gasteiger partial charge in [-0.05, 0) is 63.4 Å². The molecule has 4 aromatic rings. The Morgan fingerprint density at radius 2 is 1.95 bits per heavy atom. The molecule has 0 bridgehead atoms. The number of carbonyl (C=O) groups excluding carboxylic acids is 2. The number of nitrogens with zero attached hydrogens (tertiary/aromatic N) is 6. The third kappa shape index (κ3) is 6.15. The maximum absolute atomic E-state index is 13.4. The molecule has 13 heteroatoms. The van der Waals surface area contributed by atoms with Gasteiger partial charge in [-0.25, -0.2) is 9.78 Å². The molecular formula is C30H30F2N6O4S. The Morgan fingerprint density at radius 3 is 2.65 bits per heavy atom. The Kier molecular flexibility index (Phi) is 8.07. The van der Waals surface area contributed by atoms with E-state index in [9.17, 15) is 18.4 Å². The lowest BCUT2D eigenvalue weighted by atomic mass is 10.1. The van der Waals surface area contributed by atoms with Crippen LogP contribution >= 0.6 is 11.3 Å². The van der Waals surface area contributed by atoms with Gasteiger partial charge >= 0.3 is 12.7 Å². The highest BCUT2D eigenvalue weighted by Gasteiger charge is 2.35. The molecule has 0 saturated heterocycles. The highest BCUT2D eigenvalue weighted by Crippen LogP contribution is 2.40. The Bertz CT molecular complexity index is 1770. The van der Waals surface area contributed by atoms with Crippen molar-refractivity contribution in [3.05, 3.63) is 63.4 Å². The van der Waals surface area contributed by atoms with Crippen molar-refractivity contribution in [3.8, 4) is 23.3 Å². The average Bonchev–Trinajstić information content (AvgIpc) is 3.52. The van der Waals surface area contributed by atoms with Crippen molar-refractivity contribution in [2.24, 2.45) is 0 Å². The molecule has 1 aliphatic rings. The maximum Gasteiger partial charge on any atom is 0.410 e. The fourth-order valence-corrected chi connectivity index (χ4v) is 5.56. The molecule has 5 rings (SSSR count). The molecule has 0 spiro atoms. The molecule has 1 atom stereocenters. The smallest absolute Gasteiger partial charge is 0.410 e. The van der Waals surface area contributed by atoms with Crippen LogP contribution in [0.15, 0.2) is 36.4 Å². The second-order valence-electron chi connectivity index (χ2n) is 11.0. The normalized spacial score (nSPS) is 14.6. The van der Waals surface area contributed by atoms with Crippen molar-refractivity contribution >= 4 is 34.4 Å². The first kappa shape index (κ1) is 29.9. The molecule has 0 N–H and O–H groups in total. The molecule has 1 unspecified atom stereocenters. The molecule has 43 heavy (non-hydrogen) atoms. The molecule has 10 nitrogen and oxygen atoms in total. The molecule has 2 aromatic carbocycles. The van der Waals surface area contributed by atoms with Crippen LogP contribution in [0.5, 0.6) is 5.75 Å². The summed E-state index contributed by atoms with van der Waals surface area (Å²) in [6.07, 6.45) is 0.0881. The van der Waals surface area contributed by atoms with E-state index in [1.54, 1.807) is 68.6 Å². The van der Waals surface area contributed by atoms with Crippen molar-refractivity contribution < 1.29 is 27.8 Å². The average molecular weight is 609 g/mol. The fraction of sp³-hybridized carbons (Fsp3) is 0.367. The number of carbonyl (C=O) groups is 2. The molecule has 0 radical (unpaired) electrons. The largest absolute Gasteiger partial charge is 0.444 e. The molecule has 2 aromatic heterocycles. The highest BCUT2D eigenvalue weighted by atomic mass is 32.1. The number of aromatic nitrogens is 4. The van der Waals surface area contributed by atoms with Crippen molar-refractivity contribution in [2.45, 2.75) is 58.9 Å². The minimum Gasteiger partial charge on any atom is -0.444 e. The lowest BCUT2D eigenvalue weighted by molar-refractivity contribution is -0.0498. The molecule has 3 heterocycles. The van der Waals surface area contributed by atoms with Crippen molar-refractivity contribution in [1.82, 2.24) is 29.5 Å². The second kappa shape index (κ2) is 11.6. The third-order valence-corrected chi connectivity index (χ3v) is 7.50. The predicted molar refractivity (Wildman–Crippen MR) is 156 cm³/mol. The summed E-state index contributed by atoms with van der Waals surface area (Å²) in [5.74, 6) is 6.18. The highest BCUT2D eigenvalue weighted by molar-refractivity contribution is 7.11. The van der Waals surface area contributed by atoms with Crippen LogP contribution in [0.3, 0.4) is 0 Å². The van der Waals surface area contributed by atoms with E-state index >= 15 is 0 Å². The summed E-state index contributed by atoms with van der Waals surface area (Å²) in [4.78, 5) is 33.5. The Hall–Kier alpha value is -4.57. The van der Waals surface area contributed by atoms with E-state index in [0.717, 1.165) is 0 Å². The number of benzene rings is 2. The predicted octanol–water partition coefficient (Wildman–Crippen LogP) is 5.78. The topological polar surface area (TPSA) is 103 Å². The summed E-state index contributed by atoms with van der Waals surface area (Å²) in [7, 11) is 3.29. The number of fused-ring (bicyclic) bond motifs is 5. The lowest BCUT2D eigenvalue weighted by Gasteiger charge is -2.24. The number of hydrogen-bond acceptors (Lipinski definition) is 8. The monoisotopic (exact) mass is 608 g/mol. The summed E-state index contributed by atoms with van der Waals surface area (Å²) in [6.45, 7) is 4.46. The van der Waals surface area contributed by atoms with E-state index in [1.807, 2.05) is 6.92 Å². The Labute approximate surface area is 251 Å². The summed E-state index contributed by atoms with van der Waals surface area (Å²) in [5.41, 5.74) is 1.64. The molecule has 0 saturated carbocycles. The van der Waals surface area contributed by atoms with Crippen molar-refractivity contribution in [1.29, 1.82) is 0 Å². The van der Waals surface area contributed by atoms with Crippen LogP contribution in [0.25, 0.3) is 16.7 Å². The number of alkyl halides is 2. The Balaban J connectivity index is 1.52. The van der Waals surface area contributed by atoms with Gasteiger partial charge in [0, 0.05) is 19.7 Å².